The van der Waals surface area contributed by atoms with Crippen LogP contribution >= 0.6 is 0 Å². The maximum Gasteiger partial charge on any atom is 0.160 e. The number of benzene rings is 2. The lowest BCUT2D eigenvalue weighted by atomic mass is 9.93. The number of aromatic nitrogens is 1. The van der Waals surface area contributed by atoms with Crippen molar-refractivity contribution in [3.05, 3.63) is 47.2 Å². The summed E-state index contributed by atoms with van der Waals surface area (Å²) in [5.74, 6) is -1.35. The summed E-state index contributed by atoms with van der Waals surface area (Å²) in [4.78, 5) is 4.43. The SMILES string of the molecule is CC.CCC(=N)N1C(=N)C(C)(C)Nc2cc(F)c(-c3cc(C)cc4c(C)c[nH]c34)c(F)c21. The lowest BCUT2D eigenvalue weighted by Gasteiger charge is -2.42. The minimum atomic E-state index is -0.873. The second kappa shape index (κ2) is 8.37. The fourth-order valence-electron chi connectivity index (χ4n) is 4.09. The molecule has 0 aliphatic carbocycles. The zero-order chi connectivity index (χ0) is 24.0. The standard InChI is InChI=1S/C23H25F2N5.C2H6/c1-6-17(26)30-21-16(29-23(4,5)22(30)27)9-15(24)18(19(21)25)14-8-11(2)7-13-12(3)10-28-20(13)14;1-2/h7-10,26-29H,6H2,1-5H3;1-2H3. The molecule has 0 radical (unpaired) electrons. The van der Waals surface area contributed by atoms with Crippen molar-refractivity contribution < 1.29 is 8.78 Å². The van der Waals surface area contributed by atoms with Crippen molar-refractivity contribution in [3.8, 4) is 11.1 Å². The summed E-state index contributed by atoms with van der Waals surface area (Å²) in [6, 6.07) is 5.01. The molecule has 0 saturated carbocycles. The number of hydrogen-bond donors (Lipinski definition) is 4. The van der Waals surface area contributed by atoms with Gasteiger partial charge in [-0.1, -0.05) is 20.8 Å². The van der Waals surface area contributed by atoms with E-state index in [9.17, 15) is 0 Å². The third-order valence-electron chi connectivity index (χ3n) is 5.69. The Hall–Kier alpha value is -3.22. The number of rotatable bonds is 2. The number of fused-ring (bicyclic) bond motifs is 2. The molecule has 170 valence electrons. The van der Waals surface area contributed by atoms with Gasteiger partial charge in [0.05, 0.1) is 22.3 Å². The highest BCUT2D eigenvalue weighted by molar-refractivity contribution is 6.24. The summed E-state index contributed by atoms with van der Waals surface area (Å²) in [6.45, 7) is 13.1. The van der Waals surface area contributed by atoms with Gasteiger partial charge in [-0.3, -0.25) is 15.7 Å². The number of nitrogens with one attached hydrogen (secondary N) is 4. The quantitative estimate of drug-likeness (QED) is 0.253. The molecule has 0 spiro atoms. The first-order chi connectivity index (χ1) is 15.1. The molecule has 2 aromatic carbocycles. The van der Waals surface area contributed by atoms with Crippen LogP contribution in [0.15, 0.2) is 24.4 Å². The Morgan fingerprint density at radius 2 is 1.78 bits per heavy atom. The maximum atomic E-state index is 16.0. The van der Waals surface area contributed by atoms with Crippen molar-refractivity contribution in [2.75, 3.05) is 10.2 Å². The normalized spacial score (nSPS) is 14.5. The summed E-state index contributed by atoms with van der Waals surface area (Å²) < 4.78 is 31.3. The summed E-state index contributed by atoms with van der Waals surface area (Å²) >= 11 is 0. The van der Waals surface area contributed by atoms with E-state index < -0.39 is 17.2 Å². The molecule has 1 aliphatic rings. The zero-order valence-corrected chi connectivity index (χ0v) is 19.7. The highest BCUT2D eigenvalue weighted by Gasteiger charge is 2.40. The van der Waals surface area contributed by atoms with Gasteiger partial charge in [-0.25, -0.2) is 8.78 Å². The molecule has 32 heavy (non-hydrogen) atoms. The summed E-state index contributed by atoms with van der Waals surface area (Å²) in [6.07, 6.45) is 2.13. The van der Waals surface area contributed by atoms with E-state index in [1.165, 1.54) is 11.0 Å². The molecular formula is C25H31F2N5. The maximum absolute atomic E-state index is 16.0. The van der Waals surface area contributed by atoms with Crippen molar-refractivity contribution in [2.24, 2.45) is 0 Å². The summed E-state index contributed by atoms with van der Waals surface area (Å²) in [5, 5.41) is 20.9. The van der Waals surface area contributed by atoms with Crippen LogP contribution in [0.1, 0.15) is 52.2 Å². The van der Waals surface area contributed by atoms with E-state index >= 15 is 8.78 Å². The Kier molecular flexibility index (Phi) is 6.13. The van der Waals surface area contributed by atoms with Crippen LogP contribution in [0.5, 0.6) is 0 Å². The highest BCUT2D eigenvalue weighted by Crippen LogP contribution is 2.44. The van der Waals surface area contributed by atoms with Crippen LogP contribution in [0, 0.1) is 36.3 Å². The van der Waals surface area contributed by atoms with E-state index in [0.29, 0.717) is 17.5 Å². The van der Waals surface area contributed by atoms with E-state index in [-0.39, 0.29) is 28.6 Å². The first-order valence-corrected chi connectivity index (χ1v) is 10.9. The second-order valence-electron chi connectivity index (χ2n) is 8.38. The van der Waals surface area contributed by atoms with E-state index in [0.717, 1.165) is 16.5 Å². The molecule has 5 nitrogen and oxygen atoms in total. The van der Waals surface area contributed by atoms with Crippen LogP contribution < -0.4 is 10.2 Å². The van der Waals surface area contributed by atoms with Crippen LogP contribution in [0.4, 0.5) is 20.2 Å². The smallest absolute Gasteiger partial charge is 0.160 e. The molecule has 1 aromatic heterocycles. The van der Waals surface area contributed by atoms with Gasteiger partial charge in [-0.05, 0) is 51.0 Å². The molecule has 0 atom stereocenters. The third kappa shape index (κ3) is 3.55. The molecule has 0 bridgehead atoms. The van der Waals surface area contributed by atoms with Crippen molar-refractivity contribution in [2.45, 2.75) is 60.4 Å². The molecule has 4 rings (SSSR count). The third-order valence-corrected chi connectivity index (χ3v) is 5.69. The molecule has 0 unspecified atom stereocenters. The lowest BCUT2D eigenvalue weighted by molar-refractivity contribution is 0.587. The Morgan fingerprint density at radius 3 is 2.41 bits per heavy atom. The summed E-state index contributed by atoms with van der Waals surface area (Å²) in [7, 11) is 0. The number of aromatic amines is 1. The Morgan fingerprint density at radius 1 is 1.12 bits per heavy atom. The van der Waals surface area contributed by atoms with E-state index in [1.54, 1.807) is 26.8 Å². The lowest BCUT2D eigenvalue weighted by Crippen LogP contribution is -2.55. The number of H-pyrrole nitrogens is 1. The van der Waals surface area contributed by atoms with E-state index in [1.807, 2.05) is 40.0 Å². The van der Waals surface area contributed by atoms with Gasteiger partial charge >= 0.3 is 0 Å². The van der Waals surface area contributed by atoms with Gasteiger partial charge in [0.2, 0.25) is 0 Å². The zero-order valence-electron chi connectivity index (χ0n) is 19.7. The number of aryl methyl sites for hydroxylation is 2. The van der Waals surface area contributed by atoms with Crippen LogP contribution in [-0.2, 0) is 0 Å². The predicted octanol–water partition coefficient (Wildman–Crippen LogP) is 7.13. The minimum Gasteiger partial charge on any atom is -0.371 e. The minimum absolute atomic E-state index is 0.0144. The fourth-order valence-corrected chi connectivity index (χ4v) is 4.09. The van der Waals surface area contributed by atoms with Gasteiger partial charge in [0, 0.05) is 29.6 Å². The molecular weight excluding hydrogens is 408 g/mol. The largest absolute Gasteiger partial charge is 0.371 e. The van der Waals surface area contributed by atoms with Crippen molar-refractivity contribution in [1.29, 1.82) is 10.8 Å². The topological polar surface area (TPSA) is 78.8 Å². The fraction of sp³-hybridized carbons (Fsp3) is 0.360. The van der Waals surface area contributed by atoms with Gasteiger partial charge in [0.1, 0.15) is 23.2 Å². The highest BCUT2D eigenvalue weighted by atomic mass is 19.1. The molecule has 4 N–H and O–H groups in total. The van der Waals surface area contributed by atoms with Crippen molar-refractivity contribution in [3.63, 3.8) is 0 Å². The average molecular weight is 440 g/mol. The van der Waals surface area contributed by atoms with Gasteiger partial charge in [0.15, 0.2) is 5.82 Å². The van der Waals surface area contributed by atoms with Gasteiger partial charge in [0.25, 0.3) is 0 Å². The Bertz CT molecular complexity index is 1220. The van der Waals surface area contributed by atoms with Gasteiger partial charge in [-0.2, -0.15) is 0 Å². The second-order valence-corrected chi connectivity index (χ2v) is 8.38. The molecule has 0 fully saturated rings. The van der Waals surface area contributed by atoms with E-state index in [4.69, 9.17) is 10.8 Å². The van der Waals surface area contributed by atoms with Crippen LogP contribution in [0.25, 0.3) is 22.0 Å². The first kappa shape index (κ1) is 23.4. The molecule has 0 amide bonds. The average Bonchev–Trinajstić information content (AvgIpc) is 3.11. The van der Waals surface area contributed by atoms with E-state index in [2.05, 4.69) is 10.3 Å². The monoisotopic (exact) mass is 439 g/mol. The van der Waals surface area contributed by atoms with Gasteiger partial charge < -0.3 is 10.3 Å². The molecule has 2 heterocycles. The van der Waals surface area contributed by atoms with Crippen molar-refractivity contribution >= 4 is 33.9 Å². The number of hydrogen-bond acceptors (Lipinski definition) is 3. The predicted molar refractivity (Wildman–Crippen MR) is 130 cm³/mol. The van der Waals surface area contributed by atoms with Crippen LogP contribution in [0.3, 0.4) is 0 Å². The summed E-state index contributed by atoms with van der Waals surface area (Å²) in [5.41, 5.74) is 2.19. The van der Waals surface area contributed by atoms with Crippen LogP contribution in [0.2, 0.25) is 0 Å². The number of nitrogens with zero attached hydrogens (tertiary/aromatic N) is 1. The molecule has 3 aromatic rings. The molecule has 7 heteroatoms. The molecule has 0 saturated heterocycles. The number of amidine groups is 2. The van der Waals surface area contributed by atoms with Crippen molar-refractivity contribution in [1.82, 2.24) is 4.98 Å². The van der Waals surface area contributed by atoms with Gasteiger partial charge in [-0.15, -0.1) is 0 Å². The molecule has 1 aliphatic heterocycles. The number of halogens is 2. The Labute approximate surface area is 187 Å². The first-order valence-electron chi connectivity index (χ1n) is 10.9. The Balaban J connectivity index is 0.00000141. The van der Waals surface area contributed by atoms with Crippen LogP contribution in [-0.4, -0.2) is 22.2 Å². The number of anilines is 2.